The topological polar surface area (TPSA) is 37.6 Å². The molecular formula is C43H37N3. The fraction of sp³-hybridized carbons (Fsp3) is 0.233. The number of pyridine rings is 1. The normalized spacial score (nSPS) is 27.4. The summed E-state index contributed by atoms with van der Waals surface area (Å²) < 4.78 is 0. The number of hydrogen-bond donors (Lipinski definition) is 0. The van der Waals surface area contributed by atoms with Gasteiger partial charge >= 0.3 is 0 Å². The van der Waals surface area contributed by atoms with Crippen LogP contribution in [0.2, 0.25) is 0 Å². The number of fused-ring (bicyclic) bond motifs is 5. The molecule has 5 atom stereocenters. The highest BCUT2D eigenvalue weighted by molar-refractivity contribution is 6.16. The van der Waals surface area contributed by atoms with E-state index >= 15 is 0 Å². The number of amidine groups is 1. The Balaban J connectivity index is 1.17. The first-order valence-corrected chi connectivity index (χ1v) is 16.9. The minimum Gasteiger partial charge on any atom is -0.258 e. The van der Waals surface area contributed by atoms with Crippen LogP contribution < -0.4 is 0 Å². The number of rotatable bonds is 4. The molecule has 3 aromatic rings. The molecule has 0 saturated heterocycles. The molecule has 6 aliphatic rings. The third kappa shape index (κ3) is 4.77. The van der Waals surface area contributed by atoms with Crippen LogP contribution in [0.3, 0.4) is 0 Å². The highest BCUT2D eigenvalue weighted by Crippen LogP contribution is 2.48. The molecule has 46 heavy (non-hydrogen) atoms. The zero-order valence-corrected chi connectivity index (χ0v) is 26.0. The van der Waals surface area contributed by atoms with Crippen LogP contribution in [-0.2, 0) is 0 Å². The fourth-order valence-electron chi connectivity index (χ4n) is 8.47. The molecule has 224 valence electrons. The molecule has 0 saturated carbocycles. The monoisotopic (exact) mass is 595 g/mol. The highest BCUT2D eigenvalue weighted by Gasteiger charge is 2.38. The average Bonchev–Trinajstić information content (AvgIpc) is 3.14. The van der Waals surface area contributed by atoms with E-state index in [0.717, 1.165) is 35.5 Å². The molecule has 5 unspecified atom stereocenters. The molecule has 3 heteroatoms. The molecule has 0 radical (unpaired) electrons. The number of hydrogen-bond acceptors (Lipinski definition) is 3. The number of aromatic nitrogens is 1. The van der Waals surface area contributed by atoms with E-state index in [1.165, 1.54) is 47.2 Å². The fourth-order valence-corrected chi connectivity index (χ4v) is 8.47. The van der Waals surface area contributed by atoms with E-state index in [9.17, 15) is 0 Å². The van der Waals surface area contributed by atoms with Gasteiger partial charge in [-0.2, -0.15) is 0 Å². The largest absolute Gasteiger partial charge is 0.258 e. The van der Waals surface area contributed by atoms with Crippen molar-refractivity contribution in [2.45, 2.75) is 44.1 Å². The molecule has 3 nitrogen and oxygen atoms in total. The number of nitrogens with zero attached hydrogens (tertiary/aromatic N) is 3. The number of benzene rings is 2. The average molecular weight is 596 g/mol. The lowest BCUT2D eigenvalue weighted by atomic mass is 9.67. The van der Waals surface area contributed by atoms with Gasteiger partial charge < -0.3 is 0 Å². The third-order valence-corrected chi connectivity index (χ3v) is 10.7. The van der Waals surface area contributed by atoms with Crippen molar-refractivity contribution in [3.05, 3.63) is 167 Å². The Bertz CT molecular complexity index is 1980. The molecule has 0 N–H and O–H groups in total. The molecule has 0 fully saturated rings. The zero-order chi connectivity index (χ0) is 30.5. The SMILES string of the molecule is C1=CC2C=C(C3CC(C4=Cc5ccccc5C5C=CC=CC45)=NC(c4ccc(-c5ccccn5)cc4)=N3)C3=C(CCCC3)C2C=C1. The van der Waals surface area contributed by atoms with Crippen molar-refractivity contribution in [3.63, 3.8) is 0 Å². The van der Waals surface area contributed by atoms with Crippen molar-refractivity contribution in [1.82, 2.24) is 4.98 Å². The summed E-state index contributed by atoms with van der Waals surface area (Å²) in [5.74, 6) is 2.34. The van der Waals surface area contributed by atoms with Crippen LogP contribution in [0.15, 0.2) is 160 Å². The van der Waals surface area contributed by atoms with Gasteiger partial charge in [-0.3, -0.25) is 9.98 Å². The molecule has 5 aliphatic carbocycles. The van der Waals surface area contributed by atoms with Crippen molar-refractivity contribution in [3.8, 4) is 11.3 Å². The lowest BCUT2D eigenvalue weighted by Crippen LogP contribution is -2.32. The van der Waals surface area contributed by atoms with E-state index in [0.29, 0.717) is 17.8 Å². The molecule has 2 aromatic carbocycles. The minimum absolute atomic E-state index is 0.0426. The Kier molecular flexibility index (Phi) is 6.84. The lowest BCUT2D eigenvalue weighted by Gasteiger charge is -2.39. The number of allylic oxidation sites excluding steroid dienone is 11. The highest BCUT2D eigenvalue weighted by atomic mass is 15.0. The molecule has 0 amide bonds. The second-order valence-electron chi connectivity index (χ2n) is 13.3. The summed E-state index contributed by atoms with van der Waals surface area (Å²) in [6.45, 7) is 0. The summed E-state index contributed by atoms with van der Waals surface area (Å²) >= 11 is 0. The van der Waals surface area contributed by atoms with Gasteiger partial charge in [0.15, 0.2) is 5.84 Å². The van der Waals surface area contributed by atoms with Gasteiger partial charge in [0, 0.05) is 53.1 Å². The summed E-state index contributed by atoms with van der Waals surface area (Å²) in [4.78, 5) is 15.5. The third-order valence-electron chi connectivity index (χ3n) is 10.7. The van der Waals surface area contributed by atoms with E-state index in [1.807, 2.05) is 18.3 Å². The van der Waals surface area contributed by atoms with Crippen LogP contribution in [0, 0.1) is 17.8 Å². The molecule has 2 heterocycles. The Morgan fingerprint density at radius 3 is 2.28 bits per heavy atom. The summed E-state index contributed by atoms with van der Waals surface area (Å²) in [6.07, 6.45) is 31.0. The van der Waals surface area contributed by atoms with Crippen molar-refractivity contribution >= 4 is 17.6 Å². The van der Waals surface area contributed by atoms with Gasteiger partial charge in [-0.05, 0) is 71.7 Å². The van der Waals surface area contributed by atoms with Crippen molar-refractivity contribution in [2.24, 2.45) is 27.7 Å². The van der Waals surface area contributed by atoms with Crippen molar-refractivity contribution in [1.29, 1.82) is 0 Å². The Morgan fingerprint density at radius 2 is 1.41 bits per heavy atom. The second kappa shape index (κ2) is 11.5. The molecule has 1 aliphatic heterocycles. The predicted molar refractivity (Wildman–Crippen MR) is 190 cm³/mol. The zero-order valence-electron chi connectivity index (χ0n) is 26.0. The smallest absolute Gasteiger partial charge is 0.155 e. The summed E-state index contributed by atoms with van der Waals surface area (Å²) in [7, 11) is 0. The van der Waals surface area contributed by atoms with Crippen LogP contribution in [-0.4, -0.2) is 22.6 Å². The van der Waals surface area contributed by atoms with Crippen LogP contribution in [0.5, 0.6) is 0 Å². The quantitative estimate of drug-likeness (QED) is 0.296. The maximum Gasteiger partial charge on any atom is 0.155 e. The van der Waals surface area contributed by atoms with Crippen molar-refractivity contribution in [2.75, 3.05) is 0 Å². The van der Waals surface area contributed by atoms with Crippen LogP contribution in [0.1, 0.15) is 54.7 Å². The second-order valence-corrected chi connectivity index (χ2v) is 13.3. The first-order chi connectivity index (χ1) is 22.8. The van der Waals surface area contributed by atoms with Gasteiger partial charge in [0.2, 0.25) is 0 Å². The molecule has 1 aromatic heterocycles. The van der Waals surface area contributed by atoms with E-state index < -0.39 is 0 Å². The van der Waals surface area contributed by atoms with E-state index in [1.54, 1.807) is 11.1 Å². The standard InChI is InChI=1S/C43H37N3/c1-3-13-32-30(11-1)25-38(36-17-7-5-15-34(32)36)41-27-42(39-26-31-12-2-4-14-33(31)35-16-6-8-18-37(35)39)46-43(45-41)29-22-20-28(21-23-29)40-19-9-10-24-44-40/h1-5,7,9-15,17,19-26,31,33-34,36,42H,6,8,16,18,27H2. The first kappa shape index (κ1) is 27.4. The predicted octanol–water partition coefficient (Wildman–Crippen LogP) is 9.80. The number of aliphatic imine (C=N–C) groups is 2. The van der Waals surface area contributed by atoms with Gasteiger partial charge in [-0.1, -0.05) is 115 Å². The first-order valence-electron chi connectivity index (χ1n) is 16.9. The van der Waals surface area contributed by atoms with E-state index in [4.69, 9.17) is 9.98 Å². The molecular weight excluding hydrogens is 558 g/mol. The molecule has 9 rings (SSSR count). The van der Waals surface area contributed by atoms with Gasteiger partial charge in [0.1, 0.15) is 0 Å². The van der Waals surface area contributed by atoms with Gasteiger partial charge in [0.25, 0.3) is 0 Å². The Labute approximate surface area is 271 Å². The summed E-state index contributed by atoms with van der Waals surface area (Å²) in [6, 6.07) is 23.6. The lowest BCUT2D eigenvalue weighted by molar-refractivity contribution is 0.525. The van der Waals surface area contributed by atoms with Crippen LogP contribution >= 0.6 is 0 Å². The van der Waals surface area contributed by atoms with E-state index in [2.05, 4.69) is 120 Å². The summed E-state index contributed by atoms with van der Waals surface area (Å²) in [5, 5.41) is 0. The van der Waals surface area contributed by atoms with Crippen molar-refractivity contribution < 1.29 is 0 Å². The molecule has 0 spiro atoms. The van der Waals surface area contributed by atoms with Crippen LogP contribution in [0.4, 0.5) is 0 Å². The Morgan fingerprint density at radius 1 is 0.652 bits per heavy atom. The summed E-state index contributed by atoms with van der Waals surface area (Å²) in [5.41, 5.74) is 13.0. The molecule has 0 bridgehead atoms. The van der Waals surface area contributed by atoms with E-state index in [-0.39, 0.29) is 12.0 Å². The minimum atomic E-state index is 0.0426. The maximum atomic E-state index is 5.51. The Hall–Kier alpha value is -4.89. The van der Waals surface area contributed by atoms with Crippen LogP contribution in [0.25, 0.3) is 17.3 Å². The maximum absolute atomic E-state index is 5.51. The van der Waals surface area contributed by atoms with Gasteiger partial charge in [-0.15, -0.1) is 0 Å². The van der Waals surface area contributed by atoms with Gasteiger partial charge in [0.05, 0.1) is 11.7 Å². The van der Waals surface area contributed by atoms with Gasteiger partial charge in [-0.25, -0.2) is 4.99 Å².